The van der Waals surface area contributed by atoms with E-state index in [9.17, 15) is 4.79 Å². The van der Waals surface area contributed by atoms with E-state index in [0.717, 1.165) is 18.4 Å². The third kappa shape index (κ3) is 9.22. The van der Waals surface area contributed by atoms with Crippen molar-refractivity contribution in [2.45, 2.75) is 59.6 Å². The summed E-state index contributed by atoms with van der Waals surface area (Å²) >= 11 is 0. The predicted octanol–water partition coefficient (Wildman–Crippen LogP) is 2.82. The summed E-state index contributed by atoms with van der Waals surface area (Å²) in [6.07, 6.45) is 0.919. The second-order valence-electron chi connectivity index (χ2n) is 6.78. The van der Waals surface area contributed by atoms with Crippen LogP contribution in [0.3, 0.4) is 0 Å². The summed E-state index contributed by atoms with van der Waals surface area (Å²) in [5.74, 6) is 1.55. The van der Waals surface area contributed by atoms with Gasteiger partial charge < -0.3 is 20.3 Å². The highest BCUT2D eigenvalue weighted by Crippen LogP contribution is 2.28. The third-order valence-corrected chi connectivity index (χ3v) is 3.45. The number of rotatable bonds is 6. The van der Waals surface area contributed by atoms with Gasteiger partial charge in [-0.2, -0.15) is 0 Å². The number of hydrogen-bond acceptors (Lipinski definition) is 3. The molecule has 6 nitrogen and oxygen atoms in total. The van der Waals surface area contributed by atoms with E-state index in [0.29, 0.717) is 25.7 Å². The molecule has 2 atom stereocenters. The zero-order valence-corrected chi connectivity index (χ0v) is 17.6. The predicted molar refractivity (Wildman–Crippen MR) is 106 cm³/mol. The lowest BCUT2D eigenvalue weighted by Crippen LogP contribution is -2.41. The van der Waals surface area contributed by atoms with Gasteiger partial charge in [-0.05, 0) is 47.0 Å². The van der Waals surface area contributed by atoms with Crippen LogP contribution in [-0.4, -0.2) is 54.8 Å². The molecule has 2 N–H and O–H groups in total. The maximum absolute atomic E-state index is 12.0. The zero-order chi connectivity index (χ0) is 16.8. The van der Waals surface area contributed by atoms with E-state index in [4.69, 9.17) is 4.74 Å². The van der Waals surface area contributed by atoms with Gasteiger partial charge in [-0.3, -0.25) is 4.99 Å². The molecule has 0 spiro atoms. The number of halogens is 1. The fourth-order valence-corrected chi connectivity index (χ4v) is 2.01. The lowest BCUT2D eigenvalue weighted by Gasteiger charge is -2.26. The van der Waals surface area contributed by atoms with E-state index in [1.807, 2.05) is 34.6 Å². The molecule has 1 fully saturated rings. The summed E-state index contributed by atoms with van der Waals surface area (Å²) in [5, 5.41) is 6.64. The van der Waals surface area contributed by atoms with Gasteiger partial charge in [-0.25, -0.2) is 4.79 Å². The van der Waals surface area contributed by atoms with E-state index in [1.165, 1.54) is 6.42 Å². The van der Waals surface area contributed by atoms with Crippen LogP contribution in [0.1, 0.15) is 48.0 Å². The highest BCUT2D eigenvalue weighted by molar-refractivity contribution is 14.0. The van der Waals surface area contributed by atoms with Crippen molar-refractivity contribution in [2.75, 3.05) is 26.2 Å². The van der Waals surface area contributed by atoms with Gasteiger partial charge in [0.1, 0.15) is 5.60 Å². The number of hydrogen-bond donors (Lipinski definition) is 2. The normalized spacial score (nSPS) is 20.3. The van der Waals surface area contributed by atoms with Crippen molar-refractivity contribution in [2.24, 2.45) is 10.9 Å². The van der Waals surface area contributed by atoms with Crippen molar-refractivity contribution in [3.05, 3.63) is 0 Å². The Labute approximate surface area is 157 Å². The maximum Gasteiger partial charge on any atom is 0.410 e. The Bertz CT molecular complexity index is 396. The van der Waals surface area contributed by atoms with Crippen molar-refractivity contribution >= 4 is 36.0 Å². The topological polar surface area (TPSA) is 66.0 Å². The first-order chi connectivity index (χ1) is 10.3. The smallest absolute Gasteiger partial charge is 0.410 e. The van der Waals surface area contributed by atoms with Crippen molar-refractivity contribution in [3.63, 3.8) is 0 Å². The minimum absolute atomic E-state index is 0. The second kappa shape index (κ2) is 10.2. The second-order valence-corrected chi connectivity index (χ2v) is 6.78. The zero-order valence-electron chi connectivity index (χ0n) is 15.3. The average Bonchev–Trinajstić information content (AvgIpc) is 3.08. The largest absolute Gasteiger partial charge is 0.444 e. The molecule has 2 unspecified atom stereocenters. The van der Waals surface area contributed by atoms with E-state index >= 15 is 0 Å². The van der Waals surface area contributed by atoms with E-state index in [1.54, 1.807) is 4.90 Å². The van der Waals surface area contributed by atoms with Crippen LogP contribution in [0.5, 0.6) is 0 Å². The van der Waals surface area contributed by atoms with Gasteiger partial charge in [0, 0.05) is 25.7 Å². The summed E-state index contributed by atoms with van der Waals surface area (Å²) in [6, 6.07) is 0.533. The number of likely N-dealkylation sites (N-methyl/N-ethyl adjacent to an activating group) is 1. The molecular formula is C16H33IN4O2. The van der Waals surface area contributed by atoms with E-state index in [-0.39, 0.29) is 30.1 Å². The average molecular weight is 440 g/mol. The molecule has 1 saturated carbocycles. The van der Waals surface area contributed by atoms with Gasteiger partial charge in [0.25, 0.3) is 0 Å². The van der Waals surface area contributed by atoms with Crippen LogP contribution >= 0.6 is 24.0 Å². The summed E-state index contributed by atoms with van der Waals surface area (Å²) in [6.45, 7) is 14.4. The molecule has 0 aromatic rings. The number of nitrogens with zero attached hydrogens (tertiary/aromatic N) is 2. The molecule has 0 saturated heterocycles. The Hall–Kier alpha value is -0.730. The molecule has 1 amide bonds. The van der Waals surface area contributed by atoms with Crippen LogP contribution in [0.25, 0.3) is 0 Å². The highest BCUT2D eigenvalue weighted by Gasteiger charge is 2.33. The Kier molecular flexibility index (Phi) is 9.88. The standard InChI is InChI=1S/C16H32N4O2.HI/c1-7-17-14(19-13-11-12(13)3)18-9-10-20(8-2)15(21)22-16(4,5)6;/h12-13H,7-11H2,1-6H3,(H2,17,18,19);1H. The van der Waals surface area contributed by atoms with Crippen LogP contribution in [-0.2, 0) is 4.74 Å². The van der Waals surface area contributed by atoms with Crippen LogP contribution in [0.4, 0.5) is 4.79 Å². The van der Waals surface area contributed by atoms with Crippen molar-refractivity contribution in [1.82, 2.24) is 15.5 Å². The molecule has 136 valence electrons. The van der Waals surface area contributed by atoms with Gasteiger partial charge in [0.05, 0.1) is 6.54 Å². The first-order valence-electron chi connectivity index (χ1n) is 8.29. The Morgan fingerprint density at radius 1 is 1.35 bits per heavy atom. The van der Waals surface area contributed by atoms with E-state index < -0.39 is 5.60 Å². The monoisotopic (exact) mass is 440 g/mol. The van der Waals surface area contributed by atoms with Crippen molar-refractivity contribution in [3.8, 4) is 0 Å². The minimum Gasteiger partial charge on any atom is -0.444 e. The van der Waals surface area contributed by atoms with Crippen LogP contribution in [0.2, 0.25) is 0 Å². The molecule has 0 radical (unpaired) electrons. The maximum atomic E-state index is 12.0. The van der Waals surface area contributed by atoms with Gasteiger partial charge >= 0.3 is 6.09 Å². The molecule has 0 aliphatic heterocycles. The lowest BCUT2D eigenvalue weighted by molar-refractivity contribution is 0.0266. The Morgan fingerprint density at radius 3 is 2.39 bits per heavy atom. The summed E-state index contributed by atoms with van der Waals surface area (Å²) in [4.78, 5) is 18.3. The fraction of sp³-hybridized carbons (Fsp3) is 0.875. The quantitative estimate of drug-likeness (QED) is 0.379. The van der Waals surface area contributed by atoms with Gasteiger partial charge in [0.2, 0.25) is 0 Å². The molecule has 0 heterocycles. The number of nitrogens with one attached hydrogen (secondary N) is 2. The number of aliphatic imine (C=N–C) groups is 1. The van der Waals surface area contributed by atoms with Crippen molar-refractivity contribution < 1.29 is 9.53 Å². The number of guanidine groups is 1. The highest BCUT2D eigenvalue weighted by atomic mass is 127. The molecule has 7 heteroatoms. The molecule has 1 aliphatic rings. The number of carbonyl (C=O) groups is 1. The molecule has 1 aliphatic carbocycles. The summed E-state index contributed by atoms with van der Waals surface area (Å²) < 4.78 is 5.39. The Balaban J connectivity index is 0.00000484. The molecule has 0 aromatic carbocycles. The Morgan fingerprint density at radius 2 is 1.96 bits per heavy atom. The van der Waals surface area contributed by atoms with Gasteiger partial charge in [0.15, 0.2) is 5.96 Å². The third-order valence-electron chi connectivity index (χ3n) is 3.45. The van der Waals surface area contributed by atoms with Gasteiger partial charge in [-0.15, -0.1) is 24.0 Å². The minimum atomic E-state index is -0.466. The number of carbonyl (C=O) groups excluding carboxylic acids is 1. The fourth-order valence-electron chi connectivity index (χ4n) is 2.01. The number of amides is 1. The van der Waals surface area contributed by atoms with E-state index in [2.05, 4.69) is 22.5 Å². The molecule has 0 bridgehead atoms. The lowest BCUT2D eigenvalue weighted by atomic mass is 10.2. The first kappa shape index (κ1) is 22.3. The van der Waals surface area contributed by atoms with Gasteiger partial charge in [-0.1, -0.05) is 6.92 Å². The molecule has 1 rings (SSSR count). The summed E-state index contributed by atoms with van der Waals surface area (Å²) in [7, 11) is 0. The van der Waals surface area contributed by atoms with Crippen LogP contribution in [0.15, 0.2) is 4.99 Å². The summed E-state index contributed by atoms with van der Waals surface area (Å²) in [5.41, 5.74) is -0.466. The van der Waals surface area contributed by atoms with Crippen LogP contribution < -0.4 is 10.6 Å². The van der Waals surface area contributed by atoms with Crippen molar-refractivity contribution in [1.29, 1.82) is 0 Å². The number of ether oxygens (including phenoxy) is 1. The first-order valence-corrected chi connectivity index (χ1v) is 8.29. The van der Waals surface area contributed by atoms with Crippen LogP contribution in [0, 0.1) is 5.92 Å². The molecule has 0 aromatic heterocycles. The molecule has 23 heavy (non-hydrogen) atoms. The SMILES string of the molecule is CCNC(=NCCN(CC)C(=O)OC(C)(C)C)NC1CC1C.I. The molecular weight excluding hydrogens is 407 g/mol.